The van der Waals surface area contributed by atoms with Gasteiger partial charge in [0.25, 0.3) is 0 Å². The van der Waals surface area contributed by atoms with Crippen molar-refractivity contribution in [1.82, 2.24) is 0 Å². The Balaban J connectivity index is 1.71. The summed E-state index contributed by atoms with van der Waals surface area (Å²) in [4.78, 5) is 0. The molecule has 21 heavy (non-hydrogen) atoms. The van der Waals surface area contributed by atoms with Crippen molar-refractivity contribution in [2.45, 2.75) is 78.6 Å². The molecule has 4 aliphatic rings. The Kier molecular flexibility index (Phi) is 3.11. The molecular weight excluding hydrogens is 256 g/mol. The van der Waals surface area contributed by atoms with E-state index in [4.69, 9.17) is 0 Å². The van der Waals surface area contributed by atoms with Gasteiger partial charge in [-0.2, -0.15) is 0 Å². The number of hydrogen-bond acceptors (Lipinski definition) is 1. The Bertz CT molecular complexity index is 428. The van der Waals surface area contributed by atoms with Crippen molar-refractivity contribution in [2.75, 3.05) is 6.61 Å². The lowest BCUT2D eigenvalue weighted by Gasteiger charge is -2.64. The van der Waals surface area contributed by atoms with Crippen LogP contribution in [0.5, 0.6) is 0 Å². The summed E-state index contributed by atoms with van der Waals surface area (Å²) in [6.07, 6.45) is 12.9. The van der Waals surface area contributed by atoms with Crippen molar-refractivity contribution in [2.24, 2.45) is 39.9 Å². The molecule has 1 spiro atoms. The zero-order valence-corrected chi connectivity index (χ0v) is 14.3. The predicted molar refractivity (Wildman–Crippen MR) is 86.9 cm³/mol. The molecule has 0 aromatic heterocycles. The fraction of sp³-hybridized carbons (Fsp3) is 1.00. The average Bonchev–Trinajstić information content (AvgIpc) is 2.68. The van der Waals surface area contributed by atoms with E-state index in [1.165, 1.54) is 57.8 Å². The summed E-state index contributed by atoms with van der Waals surface area (Å²) in [5.74, 6) is 3.74. The Morgan fingerprint density at radius 1 is 0.952 bits per heavy atom. The van der Waals surface area contributed by atoms with Gasteiger partial charge in [0.05, 0.1) is 0 Å². The van der Waals surface area contributed by atoms with Crippen LogP contribution in [0.25, 0.3) is 0 Å². The highest BCUT2D eigenvalue weighted by atomic mass is 16.3. The molecule has 4 rings (SSSR count). The summed E-state index contributed by atoms with van der Waals surface area (Å²) in [7, 11) is 0. The molecule has 2 bridgehead atoms. The summed E-state index contributed by atoms with van der Waals surface area (Å²) in [5.41, 5.74) is 1.42. The molecule has 1 heteroatoms. The molecule has 0 radical (unpaired) electrons. The lowest BCUT2D eigenvalue weighted by Crippen LogP contribution is -2.57. The molecule has 120 valence electrons. The van der Waals surface area contributed by atoms with Gasteiger partial charge >= 0.3 is 0 Å². The van der Waals surface area contributed by atoms with Gasteiger partial charge in [-0.1, -0.05) is 27.2 Å². The van der Waals surface area contributed by atoms with E-state index >= 15 is 0 Å². The zero-order valence-electron chi connectivity index (χ0n) is 14.3. The molecule has 0 aromatic carbocycles. The van der Waals surface area contributed by atoms with Gasteiger partial charge in [0.1, 0.15) is 0 Å². The monoisotopic (exact) mass is 290 g/mol. The standard InChI is InChI=1S/C20H34O/c1-14-11-20-10-7-16-18(2,13-21)8-4-9-19(16,3)17(20)6-5-15(14)12-20/h14-17,21H,4-13H2,1-3H3/t14-,15-,16+,17-,18?,19+,20+/m1/s1. The molecule has 0 saturated heterocycles. The maximum absolute atomic E-state index is 10.1. The Morgan fingerprint density at radius 3 is 2.52 bits per heavy atom. The summed E-state index contributed by atoms with van der Waals surface area (Å²) < 4.78 is 0. The highest BCUT2D eigenvalue weighted by molar-refractivity contribution is 5.13. The lowest BCUT2D eigenvalue weighted by atomic mass is 9.41. The lowest BCUT2D eigenvalue weighted by molar-refractivity contribution is -0.159. The molecular formula is C20H34O. The van der Waals surface area contributed by atoms with Gasteiger partial charge in [-0.05, 0) is 91.3 Å². The van der Waals surface area contributed by atoms with E-state index in [0.29, 0.717) is 17.4 Å². The van der Waals surface area contributed by atoms with Crippen molar-refractivity contribution < 1.29 is 5.11 Å². The highest BCUT2D eigenvalue weighted by Crippen LogP contribution is 2.72. The Labute approximate surface area is 130 Å². The van der Waals surface area contributed by atoms with Crippen LogP contribution in [0.1, 0.15) is 78.6 Å². The normalized spacial score (nSPS) is 59.4. The molecule has 0 aromatic rings. The first-order chi connectivity index (χ1) is 9.94. The van der Waals surface area contributed by atoms with E-state index in [1.54, 1.807) is 0 Å². The zero-order chi connectivity index (χ0) is 14.9. The number of hydrogen-bond donors (Lipinski definition) is 1. The minimum absolute atomic E-state index is 0.204. The van der Waals surface area contributed by atoms with Crippen LogP contribution in [0.2, 0.25) is 0 Å². The van der Waals surface area contributed by atoms with Gasteiger partial charge < -0.3 is 5.11 Å². The third-order valence-corrected chi connectivity index (χ3v) is 8.96. The molecule has 1 nitrogen and oxygen atoms in total. The van der Waals surface area contributed by atoms with Gasteiger partial charge in [-0.15, -0.1) is 0 Å². The summed E-state index contributed by atoms with van der Waals surface area (Å²) in [6.45, 7) is 7.94. The van der Waals surface area contributed by atoms with Gasteiger partial charge in [-0.3, -0.25) is 0 Å². The van der Waals surface area contributed by atoms with Crippen LogP contribution in [0.4, 0.5) is 0 Å². The fourth-order valence-corrected chi connectivity index (χ4v) is 8.11. The van der Waals surface area contributed by atoms with Crippen LogP contribution in [0, 0.1) is 39.9 Å². The van der Waals surface area contributed by atoms with E-state index in [1.807, 2.05) is 0 Å². The SMILES string of the molecule is C[C@@H]1C[C@]23CC[C@H]4C(C)(CO)CCC[C@]4(C)[C@H]2CC[C@@H]1C3. The van der Waals surface area contributed by atoms with Crippen molar-refractivity contribution in [3.8, 4) is 0 Å². The topological polar surface area (TPSA) is 20.2 Å². The van der Waals surface area contributed by atoms with Crippen LogP contribution in [-0.2, 0) is 0 Å². The Hall–Kier alpha value is -0.0400. The maximum atomic E-state index is 10.1. The minimum Gasteiger partial charge on any atom is -0.396 e. The first kappa shape index (κ1) is 14.5. The van der Waals surface area contributed by atoms with Crippen LogP contribution < -0.4 is 0 Å². The average molecular weight is 290 g/mol. The third kappa shape index (κ3) is 1.79. The first-order valence-corrected chi connectivity index (χ1v) is 9.54. The summed E-state index contributed by atoms with van der Waals surface area (Å²) >= 11 is 0. The van der Waals surface area contributed by atoms with Crippen molar-refractivity contribution >= 4 is 0 Å². The van der Waals surface area contributed by atoms with E-state index in [2.05, 4.69) is 20.8 Å². The minimum atomic E-state index is 0.204. The largest absolute Gasteiger partial charge is 0.396 e. The molecule has 7 atom stereocenters. The van der Waals surface area contributed by atoms with E-state index in [9.17, 15) is 5.11 Å². The smallest absolute Gasteiger partial charge is 0.0487 e. The van der Waals surface area contributed by atoms with Crippen LogP contribution in [0.15, 0.2) is 0 Å². The molecule has 4 aliphatic carbocycles. The molecule has 4 saturated carbocycles. The molecule has 1 unspecified atom stereocenters. The van der Waals surface area contributed by atoms with Gasteiger partial charge in [-0.25, -0.2) is 0 Å². The number of rotatable bonds is 1. The van der Waals surface area contributed by atoms with Gasteiger partial charge in [0.2, 0.25) is 0 Å². The quantitative estimate of drug-likeness (QED) is 0.718. The van der Waals surface area contributed by atoms with E-state index < -0.39 is 0 Å². The van der Waals surface area contributed by atoms with E-state index in [-0.39, 0.29) is 5.41 Å². The molecule has 1 N–H and O–H groups in total. The molecule has 0 aliphatic heterocycles. The number of fused-ring (bicyclic) bond motifs is 3. The third-order valence-electron chi connectivity index (χ3n) is 8.96. The second-order valence-corrected chi connectivity index (χ2v) is 9.90. The first-order valence-electron chi connectivity index (χ1n) is 9.54. The number of aliphatic hydroxyl groups is 1. The molecule has 0 amide bonds. The van der Waals surface area contributed by atoms with Crippen molar-refractivity contribution in [3.05, 3.63) is 0 Å². The van der Waals surface area contributed by atoms with Gasteiger partial charge in [0.15, 0.2) is 0 Å². The highest BCUT2D eigenvalue weighted by Gasteiger charge is 2.63. The van der Waals surface area contributed by atoms with Crippen molar-refractivity contribution in [3.63, 3.8) is 0 Å². The summed E-state index contributed by atoms with van der Waals surface area (Å²) in [6, 6.07) is 0. The maximum Gasteiger partial charge on any atom is 0.0487 e. The summed E-state index contributed by atoms with van der Waals surface area (Å²) in [5, 5.41) is 10.1. The second kappa shape index (κ2) is 4.49. The number of aliphatic hydroxyl groups excluding tert-OH is 1. The van der Waals surface area contributed by atoms with Crippen molar-refractivity contribution in [1.29, 1.82) is 0 Å². The van der Waals surface area contributed by atoms with Gasteiger partial charge in [0, 0.05) is 6.61 Å². The molecule has 0 heterocycles. The fourth-order valence-electron chi connectivity index (χ4n) is 8.11. The van der Waals surface area contributed by atoms with Crippen LogP contribution in [0.3, 0.4) is 0 Å². The predicted octanol–water partition coefficient (Wildman–Crippen LogP) is 5.03. The Morgan fingerprint density at radius 2 is 1.76 bits per heavy atom. The van der Waals surface area contributed by atoms with Crippen LogP contribution in [-0.4, -0.2) is 11.7 Å². The molecule has 4 fully saturated rings. The van der Waals surface area contributed by atoms with Crippen LogP contribution >= 0.6 is 0 Å². The van der Waals surface area contributed by atoms with E-state index in [0.717, 1.165) is 23.7 Å². The second-order valence-electron chi connectivity index (χ2n) is 9.90.